The van der Waals surface area contributed by atoms with Gasteiger partial charge in [-0.05, 0) is 56.1 Å². The molecule has 1 aliphatic heterocycles. The minimum atomic E-state index is -0.0321. The third-order valence-electron chi connectivity index (χ3n) is 6.89. The number of hydrogen-bond donors (Lipinski definition) is 0. The van der Waals surface area contributed by atoms with Crippen LogP contribution in [0.1, 0.15) is 33.1 Å². The SMILES string of the molecule is CCCN(CCC)C(=O)CSc1nc2ccccc2c(=O)n1CCCN1CCN(c2cccc(Cl)c2)CC1. The summed E-state index contributed by atoms with van der Waals surface area (Å²) in [4.78, 5) is 37.9. The van der Waals surface area contributed by atoms with E-state index in [1.165, 1.54) is 17.4 Å². The average molecular weight is 556 g/mol. The van der Waals surface area contributed by atoms with Crippen molar-refractivity contribution in [2.45, 2.75) is 44.8 Å². The van der Waals surface area contributed by atoms with Gasteiger partial charge in [-0.1, -0.05) is 55.4 Å². The topological polar surface area (TPSA) is 61.7 Å². The van der Waals surface area contributed by atoms with Crippen LogP contribution < -0.4 is 10.5 Å². The molecule has 0 saturated carbocycles. The molecule has 4 rings (SSSR count). The molecule has 0 spiro atoms. The zero-order valence-corrected chi connectivity index (χ0v) is 24.0. The maximum Gasteiger partial charge on any atom is 0.262 e. The number of amides is 1. The smallest absolute Gasteiger partial charge is 0.262 e. The molecule has 2 heterocycles. The van der Waals surface area contributed by atoms with Crippen LogP contribution in [0.25, 0.3) is 10.9 Å². The first-order valence-electron chi connectivity index (χ1n) is 13.6. The molecule has 9 heteroatoms. The van der Waals surface area contributed by atoms with Crippen molar-refractivity contribution < 1.29 is 4.79 Å². The molecule has 0 atom stereocenters. The molecule has 1 aliphatic rings. The third kappa shape index (κ3) is 7.30. The number of halogens is 1. The highest BCUT2D eigenvalue weighted by Crippen LogP contribution is 2.22. The van der Waals surface area contributed by atoms with Crippen LogP contribution in [0.4, 0.5) is 5.69 Å². The Morgan fingerprint density at radius 2 is 1.74 bits per heavy atom. The van der Waals surface area contributed by atoms with Gasteiger partial charge >= 0.3 is 0 Å². The lowest BCUT2D eigenvalue weighted by Crippen LogP contribution is -2.46. The molecule has 1 saturated heterocycles. The summed E-state index contributed by atoms with van der Waals surface area (Å²) in [5.41, 5.74) is 1.81. The fraction of sp³-hybridized carbons (Fsp3) is 0.483. The molecule has 0 radical (unpaired) electrons. The van der Waals surface area contributed by atoms with Crippen LogP contribution >= 0.6 is 23.4 Å². The van der Waals surface area contributed by atoms with Gasteiger partial charge < -0.3 is 9.80 Å². The van der Waals surface area contributed by atoms with Gasteiger partial charge in [-0.25, -0.2) is 4.98 Å². The number of aromatic nitrogens is 2. The Morgan fingerprint density at radius 1 is 1.00 bits per heavy atom. The van der Waals surface area contributed by atoms with Gasteiger partial charge in [-0.15, -0.1) is 0 Å². The van der Waals surface area contributed by atoms with E-state index in [0.717, 1.165) is 70.1 Å². The van der Waals surface area contributed by atoms with Gasteiger partial charge in [0.15, 0.2) is 5.16 Å². The quantitative estimate of drug-likeness (QED) is 0.231. The number of anilines is 1. The fourth-order valence-electron chi connectivity index (χ4n) is 4.93. The summed E-state index contributed by atoms with van der Waals surface area (Å²) < 4.78 is 1.77. The van der Waals surface area contributed by atoms with E-state index < -0.39 is 0 Å². The van der Waals surface area contributed by atoms with E-state index in [2.05, 4.69) is 29.7 Å². The second-order valence-electron chi connectivity index (χ2n) is 9.70. The second kappa shape index (κ2) is 14.0. The Hall–Kier alpha value is -2.55. The first-order valence-corrected chi connectivity index (χ1v) is 15.0. The Balaban J connectivity index is 1.39. The Labute approximate surface area is 234 Å². The lowest BCUT2D eigenvalue weighted by atomic mass is 10.2. The monoisotopic (exact) mass is 555 g/mol. The lowest BCUT2D eigenvalue weighted by Gasteiger charge is -2.36. The predicted molar refractivity (Wildman–Crippen MR) is 159 cm³/mol. The van der Waals surface area contributed by atoms with Gasteiger partial charge in [-0.2, -0.15) is 0 Å². The van der Waals surface area contributed by atoms with Gasteiger partial charge in [-0.3, -0.25) is 19.1 Å². The van der Waals surface area contributed by atoms with Crippen molar-refractivity contribution in [3.8, 4) is 0 Å². The van der Waals surface area contributed by atoms with Crippen LogP contribution in [0.5, 0.6) is 0 Å². The zero-order chi connectivity index (χ0) is 26.9. The Bertz CT molecular complexity index is 1270. The Morgan fingerprint density at radius 3 is 2.45 bits per heavy atom. The van der Waals surface area contributed by atoms with E-state index in [1.54, 1.807) is 4.57 Å². The van der Waals surface area contributed by atoms with Crippen molar-refractivity contribution in [1.29, 1.82) is 0 Å². The number of carbonyl (C=O) groups is 1. The van der Waals surface area contributed by atoms with Crippen molar-refractivity contribution in [3.05, 3.63) is 63.9 Å². The molecule has 7 nitrogen and oxygen atoms in total. The number of para-hydroxylation sites is 1. The van der Waals surface area contributed by atoms with Crippen LogP contribution in [0.2, 0.25) is 5.02 Å². The van der Waals surface area contributed by atoms with Crippen LogP contribution in [-0.4, -0.2) is 76.8 Å². The Kier molecular flexibility index (Phi) is 10.5. The number of fused-ring (bicyclic) bond motifs is 1. The van der Waals surface area contributed by atoms with Crippen molar-refractivity contribution >= 4 is 45.9 Å². The number of hydrogen-bond acceptors (Lipinski definition) is 6. The molecule has 2 aromatic carbocycles. The number of carbonyl (C=O) groups excluding carboxylic acids is 1. The van der Waals surface area contributed by atoms with E-state index in [-0.39, 0.29) is 17.2 Å². The number of nitrogens with zero attached hydrogens (tertiary/aromatic N) is 5. The fourth-order valence-corrected chi connectivity index (χ4v) is 6.04. The summed E-state index contributed by atoms with van der Waals surface area (Å²) in [6.45, 7) is 11.0. The molecule has 0 aliphatic carbocycles. The average Bonchev–Trinajstić information content (AvgIpc) is 2.93. The molecule has 1 aromatic heterocycles. The third-order valence-corrected chi connectivity index (χ3v) is 8.09. The maximum atomic E-state index is 13.4. The van der Waals surface area contributed by atoms with E-state index >= 15 is 0 Å². The van der Waals surface area contributed by atoms with E-state index in [0.29, 0.717) is 22.6 Å². The number of rotatable bonds is 12. The largest absolute Gasteiger partial charge is 0.369 e. The zero-order valence-electron chi connectivity index (χ0n) is 22.4. The van der Waals surface area contributed by atoms with Gasteiger partial charge in [0.05, 0.1) is 16.7 Å². The van der Waals surface area contributed by atoms with Crippen molar-refractivity contribution in [2.24, 2.45) is 0 Å². The molecule has 1 fully saturated rings. The van der Waals surface area contributed by atoms with Gasteiger partial charge in [0.2, 0.25) is 5.91 Å². The highest BCUT2D eigenvalue weighted by molar-refractivity contribution is 7.99. The van der Waals surface area contributed by atoms with Gasteiger partial charge in [0, 0.05) is 56.5 Å². The lowest BCUT2D eigenvalue weighted by molar-refractivity contribution is -0.128. The summed E-state index contributed by atoms with van der Waals surface area (Å²) in [6.07, 6.45) is 2.71. The summed E-state index contributed by atoms with van der Waals surface area (Å²) in [5.74, 6) is 0.390. The van der Waals surface area contributed by atoms with Crippen molar-refractivity contribution in [3.63, 3.8) is 0 Å². The normalized spacial score (nSPS) is 14.2. The van der Waals surface area contributed by atoms with E-state index in [9.17, 15) is 9.59 Å². The summed E-state index contributed by atoms with van der Waals surface area (Å²) in [7, 11) is 0. The summed E-state index contributed by atoms with van der Waals surface area (Å²) in [6, 6.07) is 15.5. The molecule has 204 valence electrons. The first kappa shape index (κ1) is 28.5. The predicted octanol–water partition coefficient (Wildman–Crippen LogP) is 5.00. The van der Waals surface area contributed by atoms with E-state index in [1.807, 2.05) is 47.4 Å². The highest BCUT2D eigenvalue weighted by Gasteiger charge is 2.19. The van der Waals surface area contributed by atoms with Crippen LogP contribution in [0, 0.1) is 0 Å². The minimum Gasteiger partial charge on any atom is -0.369 e. The van der Waals surface area contributed by atoms with Gasteiger partial charge in [0.1, 0.15) is 0 Å². The van der Waals surface area contributed by atoms with Gasteiger partial charge in [0.25, 0.3) is 5.56 Å². The van der Waals surface area contributed by atoms with Crippen LogP contribution in [0.15, 0.2) is 58.5 Å². The molecule has 0 bridgehead atoms. The summed E-state index contributed by atoms with van der Waals surface area (Å²) >= 11 is 7.55. The molecule has 3 aromatic rings. The maximum absolute atomic E-state index is 13.4. The van der Waals surface area contributed by atoms with Crippen LogP contribution in [-0.2, 0) is 11.3 Å². The number of thioether (sulfide) groups is 1. The van der Waals surface area contributed by atoms with E-state index in [4.69, 9.17) is 16.6 Å². The minimum absolute atomic E-state index is 0.0321. The standard InChI is InChI=1S/C29H38ClN5O2S/c1-3-13-34(14-4-2)27(36)22-38-29-31-26-12-6-5-11-25(26)28(37)35(29)16-8-15-32-17-19-33(20-18-32)24-10-7-9-23(30)21-24/h5-7,9-12,21H,3-4,8,13-20,22H2,1-2H3. The number of benzene rings is 2. The van der Waals surface area contributed by atoms with Crippen LogP contribution in [0.3, 0.4) is 0 Å². The molecular formula is C29H38ClN5O2S. The van der Waals surface area contributed by atoms with Crippen molar-refractivity contribution in [1.82, 2.24) is 19.4 Å². The summed E-state index contributed by atoms with van der Waals surface area (Å²) in [5, 5.41) is 2.01. The molecule has 0 unspecified atom stereocenters. The molecule has 38 heavy (non-hydrogen) atoms. The number of piperazine rings is 1. The first-order chi connectivity index (χ1) is 18.5. The molecular weight excluding hydrogens is 518 g/mol. The molecule has 1 amide bonds. The highest BCUT2D eigenvalue weighted by atomic mass is 35.5. The molecule has 0 N–H and O–H groups in total. The second-order valence-corrected chi connectivity index (χ2v) is 11.1. The van der Waals surface area contributed by atoms with Crippen molar-refractivity contribution in [2.75, 3.05) is 56.5 Å².